The first-order chi connectivity index (χ1) is 10.0. The Hall–Kier alpha value is -2.08. The Morgan fingerprint density at radius 1 is 1.33 bits per heavy atom. The minimum atomic E-state index is -0.397. The number of aromatic nitrogens is 1. The number of para-hydroxylation sites is 2. The van der Waals surface area contributed by atoms with Crippen LogP contribution in [0.1, 0.15) is 17.5 Å². The zero-order valence-corrected chi connectivity index (χ0v) is 13.4. The molecule has 1 atom stereocenters. The van der Waals surface area contributed by atoms with Gasteiger partial charge < -0.3 is 15.4 Å². The second-order valence-electron chi connectivity index (χ2n) is 4.72. The highest BCUT2D eigenvalue weighted by atomic mass is 32.1. The summed E-state index contributed by atoms with van der Waals surface area (Å²) in [4.78, 5) is 17.6. The van der Waals surface area contributed by atoms with Crippen LogP contribution < -0.4 is 15.4 Å². The molecule has 5 nitrogen and oxygen atoms in total. The lowest BCUT2D eigenvalue weighted by Crippen LogP contribution is -2.31. The summed E-state index contributed by atoms with van der Waals surface area (Å²) in [5.41, 5.74) is 1.73. The van der Waals surface area contributed by atoms with Crippen LogP contribution in [0.5, 0.6) is 5.75 Å². The van der Waals surface area contributed by atoms with Crippen LogP contribution in [0, 0.1) is 13.8 Å². The maximum atomic E-state index is 12.2. The molecule has 0 spiro atoms. The molecule has 0 saturated carbocycles. The quantitative estimate of drug-likeness (QED) is 0.890. The van der Waals surface area contributed by atoms with Crippen molar-refractivity contribution in [2.45, 2.75) is 26.8 Å². The molecule has 6 heteroatoms. The van der Waals surface area contributed by atoms with Gasteiger partial charge in [-0.15, -0.1) is 11.3 Å². The highest BCUT2D eigenvalue weighted by Gasteiger charge is 2.16. The van der Waals surface area contributed by atoms with E-state index in [0.717, 1.165) is 16.3 Å². The number of rotatable bonds is 5. The molecule has 1 aromatic carbocycles. The summed E-state index contributed by atoms with van der Waals surface area (Å²) in [5.74, 6) is 0.577. The van der Waals surface area contributed by atoms with E-state index < -0.39 is 6.04 Å². The maximum absolute atomic E-state index is 12.2. The van der Waals surface area contributed by atoms with Crippen LogP contribution in [-0.2, 0) is 4.79 Å². The Kier molecular flexibility index (Phi) is 4.80. The van der Waals surface area contributed by atoms with Crippen LogP contribution in [0.25, 0.3) is 0 Å². The number of hydrogen-bond acceptors (Lipinski definition) is 5. The standard InChI is InChI=1S/C15H19N3O2S/c1-9-11(3)21-15(17-9)18-14(19)10(2)16-12-7-5-6-8-13(12)20-4/h5-8,10,16H,1-4H3,(H,17,18,19)/t10-/m0/s1. The average molecular weight is 305 g/mol. The number of thiazole rings is 1. The van der Waals surface area contributed by atoms with Crippen molar-refractivity contribution in [3.63, 3.8) is 0 Å². The van der Waals surface area contributed by atoms with E-state index >= 15 is 0 Å². The number of anilines is 2. The van der Waals surface area contributed by atoms with Crippen molar-refractivity contribution >= 4 is 28.1 Å². The molecule has 2 rings (SSSR count). The third-order valence-electron chi connectivity index (χ3n) is 3.13. The Morgan fingerprint density at radius 3 is 2.67 bits per heavy atom. The summed E-state index contributed by atoms with van der Waals surface area (Å²) >= 11 is 1.48. The minimum Gasteiger partial charge on any atom is -0.495 e. The molecule has 0 unspecified atom stereocenters. The van der Waals surface area contributed by atoms with E-state index in [-0.39, 0.29) is 5.91 Å². The van der Waals surface area contributed by atoms with Gasteiger partial charge in [0.1, 0.15) is 11.8 Å². The molecular formula is C15H19N3O2S. The van der Waals surface area contributed by atoms with E-state index in [2.05, 4.69) is 15.6 Å². The first kappa shape index (κ1) is 15.3. The predicted octanol–water partition coefficient (Wildman–Crippen LogP) is 3.21. The molecule has 2 N–H and O–H groups in total. The maximum Gasteiger partial charge on any atom is 0.248 e. The van der Waals surface area contributed by atoms with Crippen LogP contribution in [0.4, 0.5) is 10.8 Å². The molecule has 1 aromatic heterocycles. The van der Waals surface area contributed by atoms with Gasteiger partial charge in [-0.25, -0.2) is 4.98 Å². The third kappa shape index (κ3) is 3.72. The summed E-state index contributed by atoms with van der Waals surface area (Å²) in [6.45, 7) is 5.71. The Morgan fingerprint density at radius 2 is 2.05 bits per heavy atom. The highest BCUT2D eigenvalue weighted by molar-refractivity contribution is 7.15. The van der Waals surface area contributed by atoms with Crippen molar-refractivity contribution in [1.29, 1.82) is 0 Å². The Bertz CT molecular complexity index is 620. The third-order valence-corrected chi connectivity index (χ3v) is 4.12. The van der Waals surface area contributed by atoms with E-state index in [1.54, 1.807) is 14.0 Å². The molecule has 0 radical (unpaired) electrons. The molecular weight excluding hydrogens is 286 g/mol. The molecule has 2 aromatic rings. The number of amides is 1. The van der Waals surface area contributed by atoms with Crippen LogP contribution in [0.3, 0.4) is 0 Å². The smallest absolute Gasteiger partial charge is 0.248 e. The van der Waals surface area contributed by atoms with Crippen molar-refractivity contribution in [3.05, 3.63) is 34.8 Å². The average Bonchev–Trinajstić information content (AvgIpc) is 2.77. The number of carbonyl (C=O) groups is 1. The fourth-order valence-electron chi connectivity index (χ4n) is 1.80. The fraction of sp³-hybridized carbons (Fsp3) is 0.333. The summed E-state index contributed by atoms with van der Waals surface area (Å²) in [7, 11) is 1.60. The summed E-state index contributed by atoms with van der Waals surface area (Å²) in [6.07, 6.45) is 0. The number of aryl methyl sites for hydroxylation is 2. The first-order valence-electron chi connectivity index (χ1n) is 6.65. The molecule has 0 bridgehead atoms. The Balaban J connectivity index is 2.02. The number of nitrogens with one attached hydrogen (secondary N) is 2. The van der Waals surface area contributed by atoms with E-state index in [0.29, 0.717) is 10.9 Å². The fourth-order valence-corrected chi connectivity index (χ4v) is 2.62. The second kappa shape index (κ2) is 6.58. The SMILES string of the molecule is COc1ccccc1N[C@@H](C)C(=O)Nc1nc(C)c(C)s1. The molecule has 0 aliphatic rings. The number of methoxy groups -OCH3 is 1. The molecule has 1 amide bonds. The van der Waals surface area contributed by atoms with E-state index in [4.69, 9.17) is 4.74 Å². The van der Waals surface area contributed by atoms with Gasteiger partial charge in [-0.05, 0) is 32.9 Å². The van der Waals surface area contributed by atoms with Crippen molar-refractivity contribution < 1.29 is 9.53 Å². The summed E-state index contributed by atoms with van der Waals surface area (Å²) < 4.78 is 5.26. The van der Waals surface area contributed by atoms with E-state index in [1.807, 2.05) is 38.1 Å². The van der Waals surface area contributed by atoms with E-state index in [1.165, 1.54) is 11.3 Å². The van der Waals surface area contributed by atoms with Crippen molar-refractivity contribution in [3.8, 4) is 5.75 Å². The van der Waals surface area contributed by atoms with Crippen LogP contribution in [0.2, 0.25) is 0 Å². The number of ether oxygens (including phenoxy) is 1. The topological polar surface area (TPSA) is 63.2 Å². The molecule has 112 valence electrons. The van der Waals surface area contributed by atoms with Gasteiger partial charge >= 0.3 is 0 Å². The van der Waals surface area contributed by atoms with Crippen molar-refractivity contribution in [2.75, 3.05) is 17.7 Å². The molecule has 0 saturated heterocycles. The monoisotopic (exact) mass is 305 g/mol. The van der Waals surface area contributed by atoms with Gasteiger partial charge in [0.25, 0.3) is 0 Å². The van der Waals surface area contributed by atoms with Gasteiger partial charge in [-0.1, -0.05) is 12.1 Å². The number of nitrogens with zero attached hydrogens (tertiary/aromatic N) is 1. The lowest BCUT2D eigenvalue weighted by molar-refractivity contribution is -0.116. The number of carbonyl (C=O) groups excluding carboxylic acids is 1. The highest BCUT2D eigenvalue weighted by Crippen LogP contribution is 2.24. The lowest BCUT2D eigenvalue weighted by Gasteiger charge is -2.16. The summed E-state index contributed by atoms with van der Waals surface area (Å²) in [6, 6.07) is 7.10. The Labute approximate surface area is 128 Å². The molecule has 0 aliphatic carbocycles. The van der Waals surface area contributed by atoms with Crippen molar-refractivity contribution in [1.82, 2.24) is 4.98 Å². The zero-order valence-electron chi connectivity index (χ0n) is 12.6. The predicted molar refractivity (Wildman–Crippen MR) is 86.3 cm³/mol. The first-order valence-corrected chi connectivity index (χ1v) is 7.47. The lowest BCUT2D eigenvalue weighted by atomic mass is 10.2. The number of benzene rings is 1. The largest absolute Gasteiger partial charge is 0.495 e. The molecule has 21 heavy (non-hydrogen) atoms. The van der Waals surface area contributed by atoms with Gasteiger partial charge in [0.15, 0.2) is 5.13 Å². The second-order valence-corrected chi connectivity index (χ2v) is 5.92. The van der Waals surface area contributed by atoms with Gasteiger partial charge in [0, 0.05) is 4.88 Å². The van der Waals surface area contributed by atoms with Gasteiger partial charge in [0.05, 0.1) is 18.5 Å². The van der Waals surface area contributed by atoms with Gasteiger partial charge in [0.2, 0.25) is 5.91 Å². The minimum absolute atomic E-state index is 0.130. The molecule has 1 heterocycles. The molecule has 0 aliphatic heterocycles. The molecule has 0 fully saturated rings. The van der Waals surface area contributed by atoms with Crippen LogP contribution in [-0.4, -0.2) is 24.0 Å². The van der Waals surface area contributed by atoms with Crippen molar-refractivity contribution in [2.24, 2.45) is 0 Å². The van der Waals surface area contributed by atoms with Gasteiger partial charge in [-0.3, -0.25) is 4.79 Å². The number of hydrogen-bond donors (Lipinski definition) is 2. The van der Waals surface area contributed by atoms with E-state index in [9.17, 15) is 4.79 Å². The summed E-state index contributed by atoms with van der Waals surface area (Å²) in [5, 5.41) is 6.60. The van der Waals surface area contributed by atoms with Crippen LogP contribution >= 0.6 is 11.3 Å². The van der Waals surface area contributed by atoms with Gasteiger partial charge in [-0.2, -0.15) is 0 Å². The van der Waals surface area contributed by atoms with Crippen LogP contribution in [0.15, 0.2) is 24.3 Å². The normalized spacial score (nSPS) is 11.8. The zero-order chi connectivity index (χ0) is 15.4.